The van der Waals surface area contributed by atoms with E-state index in [2.05, 4.69) is 26.9 Å². The summed E-state index contributed by atoms with van der Waals surface area (Å²) in [4.78, 5) is 8.87. The minimum atomic E-state index is 0.122. The van der Waals surface area contributed by atoms with E-state index in [9.17, 15) is 0 Å². The Bertz CT molecular complexity index is 482. The van der Waals surface area contributed by atoms with Crippen LogP contribution in [0.2, 0.25) is 5.02 Å². The fourth-order valence-electron chi connectivity index (χ4n) is 2.66. The molecule has 1 unspecified atom stereocenters. The van der Waals surface area contributed by atoms with Crippen LogP contribution in [-0.4, -0.2) is 56.3 Å². The molecule has 0 aromatic heterocycles. The van der Waals surface area contributed by atoms with Gasteiger partial charge in [0.2, 0.25) is 0 Å². The van der Waals surface area contributed by atoms with Crippen LogP contribution >= 0.6 is 11.6 Å². The molecule has 1 fully saturated rings. The van der Waals surface area contributed by atoms with Gasteiger partial charge in [-0.1, -0.05) is 11.6 Å². The first-order valence-corrected chi connectivity index (χ1v) is 7.28. The fraction of sp³-hybridized carbons (Fsp3) is 0.500. The molecule has 0 spiro atoms. The van der Waals surface area contributed by atoms with E-state index in [-0.39, 0.29) is 6.10 Å². The van der Waals surface area contributed by atoms with Gasteiger partial charge in [0.05, 0.1) is 6.54 Å². The molecule has 0 aliphatic carbocycles. The van der Waals surface area contributed by atoms with Gasteiger partial charge in [0.25, 0.3) is 6.02 Å². The summed E-state index contributed by atoms with van der Waals surface area (Å²) in [5.41, 5.74) is 6.77. The van der Waals surface area contributed by atoms with E-state index in [0.717, 1.165) is 37.7 Å². The molecule has 2 aliphatic heterocycles. The molecule has 20 heavy (non-hydrogen) atoms. The quantitative estimate of drug-likeness (QED) is 0.909. The summed E-state index contributed by atoms with van der Waals surface area (Å²) in [7, 11) is 0. The van der Waals surface area contributed by atoms with Crippen LogP contribution < -0.4 is 10.6 Å². The summed E-state index contributed by atoms with van der Waals surface area (Å²) in [6, 6.07) is 8.36. The molecular formula is C14H19ClN4O. The maximum absolute atomic E-state index is 5.92. The first-order chi connectivity index (χ1) is 9.70. The molecule has 0 bridgehead atoms. The third-order valence-corrected chi connectivity index (χ3v) is 4.02. The number of amidine groups is 1. The van der Waals surface area contributed by atoms with E-state index in [1.807, 2.05) is 12.1 Å². The highest BCUT2D eigenvalue weighted by Crippen LogP contribution is 2.19. The number of halogens is 1. The third kappa shape index (κ3) is 3.16. The number of hydrogen-bond donors (Lipinski definition) is 1. The maximum Gasteiger partial charge on any atom is 0.282 e. The predicted octanol–water partition coefficient (Wildman–Crippen LogP) is 1.18. The molecule has 1 saturated heterocycles. The summed E-state index contributed by atoms with van der Waals surface area (Å²) >= 11 is 5.92. The lowest BCUT2D eigenvalue weighted by atomic mass is 10.2. The molecule has 6 heteroatoms. The zero-order valence-electron chi connectivity index (χ0n) is 11.3. The second-order valence-electron chi connectivity index (χ2n) is 5.18. The first-order valence-electron chi connectivity index (χ1n) is 6.90. The first kappa shape index (κ1) is 13.5. The number of benzene rings is 1. The zero-order valence-corrected chi connectivity index (χ0v) is 12.1. The lowest BCUT2D eigenvalue weighted by Crippen LogP contribution is -2.49. The van der Waals surface area contributed by atoms with Gasteiger partial charge >= 0.3 is 0 Å². The van der Waals surface area contributed by atoms with E-state index in [1.54, 1.807) is 0 Å². The molecule has 1 aromatic carbocycles. The van der Waals surface area contributed by atoms with E-state index in [0.29, 0.717) is 12.6 Å². The van der Waals surface area contributed by atoms with Crippen LogP contribution in [0, 0.1) is 0 Å². The Balaban J connectivity index is 1.48. The normalized spacial score (nSPS) is 23.6. The molecule has 0 saturated carbocycles. The van der Waals surface area contributed by atoms with Crippen LogP contribution in [0.5, 0.6) is 0 Å². The highest BCUT2D eigenvalue weighted by Gasteiger charge is 2.24. The Kier molecular flexibility index (Phi) is 3.98. The van der Waals surface area contributed by atoms with E-state index in [4.69, 9.17) is 22.1 Å². The van der Waals surface area contributed by atoms with Crippen molar-refractivity contribution >= 4 is 23.3 Å². The molecule has 5 nitrogen and oxygen atoms in total. The Morgan fingerprint density at radius 2 is 1.90 bits per heavy atom. The van der Waals surface area contributed by atoms with Gasteiger partial charge in [-0.15, -0.1) is 0 Å². The second kappa shape index (κ2) is 5.89. The minimum absolute atomic E-state index is 0.122. The van der Waals surface area contributed by atoms with Crippen molar-refractivity contribution in [2.24, 2.45) is 10.7 Å². The van der Waals surface area contributed by atoms with Crippen LogP contribution in [0.25, 0.3) is 0 Å². The van der Waals surface area contributed by atoms with Crippen molar-refractivity contribution in [3.8, 4) is 0 Å². The van der Waals surface area contributed by atoms with E-state index < -0.39 is 0 Å². The number of nitrogens with zero attached hydrogens (tertiary/aromatic N) is 3. The minimum Gasteiger partial charge on any atom is -0.459 e. The number of nitrogens with two attached hydrogens (primary N) is 1. The van der Waals surface area contributed by atoms with Crippen LogP contribution in [0.1, 0.15) is 0 Å². The third-order valence-electron chi connectivity index (χ3n) is 3.76. The number of piperazine rings is 1. The van der Waals surface area contributed by atoms with Crippen molar-refractivity contribution in [2.45, 2.75) is 6.10 Å². The Hall–Kier alpha value is -1.46. The van der Waals surface area contributed by atoms with Gasteiger partial charge in [-0.3, -0.25) is 4.90 Å². The molecule has 0 radical (unpaired) electrons. The predicted molar refractivity (Wildman–Crippen MR) is 81.5 cm³/mol. The largest absolute Gasteiger partial charge is 0.459 e. The van der Waals surface area contributed by atoms with Crippen LogP contribution in [-0.2, 0) is 4.74 Å². The number of aliphatic imine (C=N–C) groups is 1. The standard InChI is InChI=1S/C14H19ClN4O/c15-11-1-3-12(4-2-11)19-7-5-18(6-8-19)10-13-9-17-14(16)20-13/h1-4,13H,5-10H2,(H2,16,17). The van der Waals surface area contributed by atoms with Crippen LogP contribution in [0.4, 0.5) is 5.69 Å². The molecule has 2 aliphatic rings. The van der Waals surface area contributed by atoms with Gasteiger partial charge < -0.3 is 15.4 Å². The second-order valence-corrected chi connectivity index (χ2v) is 5.62. The highest BCUT2D eigenvalue weighted by atomic mass is 35.5. The number of ether oxygens (including phenoxy) is 1. The molecule has 2 heterocycles. The van der Waals surface area contributed by atoms with E-state index in [1.165, 1.54) is 5.69 Å². The Labute approximate surface area is 124 Å². The smallest absolute Gasteiger partial charge is 0.282 e. The van der Waals surface area contributed by atoms with Gasteiger partial charge in [0.1, 0.15) is 6.10 Å². The highest BCUT2D eigenvalue weighted by molar-refractivity contribution is 6.30. The van der Waals surface area contributed by atoms with Gasteiger partial charge in [-0.05, 0) is 24.3 Å². The van der Waals surface area contributed by atoms with Gasteiger partial charge in [0.15, 0.2) is 0 Å². The average Bonchev–Trinajstić information content (AvgIpc) is 2.86. The summed E-state index contributed by atoms with van der Waals surface area (Å²) < 4.78 is 5.45. The SMILES string of the molecule is NC1=NCC(CN2CCN(c3ccc(Cl)cc3)CC2)O1. The number of anilines is 1. The van der Waals surface area contributed by atoms with Gasteiger partial charge in [-0.25, -0.2) is 4.99 Å². The van der Waals surface area contributed by atoms with Gasteiger partial charge in [-0.2, -0.15) is 0 Å². The molecule has 0 amide bonds. The van der Waals surface area contributed by atoms with Crippen LogP contribution in [0.15, 0.2) is 29.3 Å². The molecule has 3 rings (SSSR count). The van der Waals surface area contributed by atoms with Crippen molar-refractivity contribution in [2.75, 3.05) is 44.2 Å². The van der Waals surface area contributed by atoms with Crippen molar-refractivity contribution in [3.05, 3.63) is 29.3 Å². The number of rotatable bonds is 3. The lowest BCUT2D eigenvalue weighted by molar-refractivity contribution is 0.139. The monoisotopic (exact) mass is 294 g/mol. The summed E-state index contributed by atoms with van der Waals surface area (Å²) in [6.45, 7) is 5.68. The fourth-order valence-corrected chi connectivity index (χ4v) is 2.79. The van der Waals surface area contributed by atoms with Gasteiger partial charge in [0, 0.05) is 43.4 Å². The topological polar surface area (TPSA) is 54.1 Å². The summed E-state index contributed by atoms with van der Waals surface area (Å²) in [5.74, 6) is 0. The number of hydrogen-bond acceptors (Lipinski definition) is 5. The average molecular weight is 295 g/mol. The Morgan fingerprint density at radius 3 is 2.50 bits per heavy atom. The zero-order chi connectivity index (χ0) is 13.9. The Morgan fingerprint density at radius 1 is 1.20 bits per heavy atom. The molecule has 1 atom stereocenters. The molecular weight excluding hydrogens is 276 g/mol. The molecule has 108 valence electrons. The van der Waals surface area contributed by atoms with Crippen molar-refractivity contribution in [3.63, 3.8) is 0 Å². The molecule has 2 N–H and O–H groups in total. The van der Waals surface area contributed by atoms with Crippen molar-refractivity contribution in [1.29, 1.82) is 0 Å². The maximum atomic E-state index is 5.92. The van der Waals surface area contributed by atoms with Crippen molar-refractivity contribution < 1.29 is 4.74 Å². The van der Waals surface area contributed by atoms with Crippen LogP contribution in [0.3, 0.4) is 0 Å². The summed E-state index contributed by atoms with van der Waals surface area (Å²) in [5, 5.41) is 0.781. The van der Waals surface area contributed by atoms with Crippen molar-refractivity contribution in [1.82, 2.24) is 4.90 Å². The lowest BCUT2D eigenvalue weighted by Gasteiger charge is -2.36. The molecule has 1 aromatic rings. The van der Waals surface area contributed by atoms with E-state index >= 15 is 0 Å². The summed E-state index contributed by atoms with van der Waals surface area (Å²) in [6.07, 6.45) is 0.122.